The summed E-state index contributed by atoms with van der Waals surface area (Å²) in [6, 6.07) is 3.53. The number of carboxylic acids is 1. The van der Waals surface area contributed by atoms with Gasteiger partial charge in [0.2, 0.25) is 0 Å². The van der Waals surface area contributed by atoms with E-state index >= 15 is 0 Å². The van der Waals surface area contributed by atoms with Crippen LogP contribution >= 0.6 is 0 Å². The summed E-state index contributed by atoms with van der Waals surface area (Å²) >= 11 is 0. The number of aliphatic carboxylic acids is 1. The first-order valence-corrected chi connectivity index (χ1v) is 7.23. The van der Waals surface area contributed by atoms with Gasteiger partial charge in [-0.15, -0.1) is 0 Å². The summed E-state index contributed by atoms with van der Waals surface area (Å²) in [5.41, 5.74) is 0.500. The third-order valence-electron chi connectivity index (χ3n) is 3.75. The largest absolute Gasteiger partial charge is 0.480 e. The molecule has 1 amide bonds. The normalized spacial score (nSPS) is 15.1. The lowest BCUT2D eigenvalue weighted by Gasteiger charge is -2.13. The second kappa shape index (κ2) is 6.00. The van der Waals surface area contributed by atoms with Crippen molar-refractivity contribution in [3.63, 3.8) is 0 Å². The molecule has 22 heavy (non-hydrogen) atoms. The van der Waals surface area contributed by atoms with E-state index in [9.17, 15) is 9.59 Å². The summed E-state index contributed by atoms with van der Waals surface area (Å²) in [7, 11) is 0. The molecule has 0 atom stereocenters. The topological polar surface area (TPSA) is 102 Å². The molecule has 1 fully saturated rings. The number of hydrogen-bond donors (Lipinski definition) is 2. The van der Waals surface area contributed by atoms with Gasteiger partial charge in [-0.3, -0.25) is 19.0 Å². The number of rotatable bonds is 5. The van der Waals surface area contributed by atoms with Crippen molar-refractivity contribution in [3.8, 4) is 0 Å². The fourth-order valence-electron chi connectivity index (χ4n) is 2.77. The van der Waals surface area contributed by atoms with Crippen LogP contribution in [-0.4, -0.2) is 36.5 Å². The van der Waals surface area contributed by atoms with E-state index in [4.69, 9.17) is 5.11 Å². The van der Waals surface area contributed by atoms with Crippen LogP contribution in [0.15, 0.2) is 24.5 Å². The molecule has 0 unspecified atom stereocenters. The number of aromatic nitrogens is 4. The number of nitrogens with one attached hydrogen (secondary N) is 1. The van der Waals surface area contributed by atoms with E-state index in [2.05, 4.69) is 15.5 Å². The van der Waals surface area contributed by atoms with Gasteiger partial charge in [0.1, 0.15) is 12.2 Å². The molecule has 0 radical (unpaired) electrons. The fourth-order valence-corrected chi connectivity index (χ4v) is 2.77. The number of carbonyl (C=O) groups is 2. The highest BCUT2D eigenvalue weighted by Crippen LogP contribution is 2.29. The Kier molecular flexibility index (Phi) is 3.90. The van der Waals surface area contributed by atoms with Crippen molar-refractivity contribution in [3.05, 3.63) is 30.2 Å². The van der Waals surface area contributed by atoms with Crippen LogP contribution in [-0.2, 0) is 11.3 Å². The lowest BCUT2D eigenvalue weighted by molar-refractivity contribution is -0.137. The molecule has 116 valence electrons. The molecule has 0 bridgehead atoms. The first-order chi connectivity index (χ1) is 10.6. The molecule has 2 N–H and O–H groups in total. The zero-order chi connectivity index (χ0) is 15.5. The number of amides is 1. The molecule has 0 saturated heterocycles. The average molecular weight is 303 g/mol. The van der Waals surface area contributed by atoms with E-state index in [-0.39, 0.29) is 18.5 Å². The lowest BCUT2D eigenvalue weighted by Crippen LogP contribution is -2.20. The molecule has 2 aromatic heterocycles. The highest BCUT2D eigenvalue weighted by atomic mass is 16.4. The molecule has 0 aliphatic heterocycles. The predicted molar refractivity (Wildman–Crippen MR) is 77.5 cm³/mol. The Morgan fingerprint density at radius 2 is 2.09 bits per heavy atom. The van der Waals surface area contributed by atoms with Crippen molar-refractivity contribution >= 4 is 17.7 Å². The van der Waals surface area contributed by atoms with E-state index in [1.54, 1.807) is 23.0 Å². The van der Waals surface area contributed by atoms with Gasteiger partial charge in [0.15, 0.2) is 5.82 Å². The second-order valence-electron chi connectivity index (χ2n) is 5.35. The van der Waals surface area contributed by atoms with E-state index in [0.717, 1.165) is 25.7 Å². The summed E-state index contributed by atoms with van der Waals surface area (Å²) in [6.07, 6.45) is 7.52. The van der Waals surface area contributed by atoms with Crippen LogP contribution in [0.1, 0.15) is 42.2 Å². The predicted octanol–water partition coefficient (Wildman–Crippen LogP) is 1.53. The SMILES string of the molecule is O=C(O)Cn1ccc(NC(=O)c2ccnn2C2CCCC2)n1. The molecule has 1 aliphatic rings. The molecular weight excluding hydrogens is 286 g/mol. The van der Waals surface area contributed by atoms with Crippen molar-refractivity contribution in [1.29, 1.82) is 0 Å². The van der Waals surface area contributed by atoms with Gasteiger partial charge in [-0.25, -0.2) is 0 Å². The Morgan fingerprint density at radius 3 is 2.82 bits per heavy atom. The third kappa shape index (κ3) is 3.00. The highest BCUT2D eigenvalue weighted by molar-refractivity contribution is 6.02. The molecule has 1 aliphatic carbocycles. The van der Waals surface area contributed by atoms with Crippen molar-refractivity contribution in [1.82, 2.24) is 19.6 Å². The lowest BCUT2D eigenvalue weighted by atomic mass is 10.2. The maximum Gasteiger partial charge on any atom is 0.325 e. The highest BCUT2D eigenvalue weighted by Gasteiger charge is 2.22. The van der Waals surface area contributed by atoms with E-state index in [1.807, 2.05) is 0 Å². The van der Waals surface area contributed by atoms with Gasteiger partial charge in [0.05, 0.1) is 6.04 Å². The van der Waals surface area contributed by atoms with Crippen LogP contribution in [0.25, 0.3) is 0 Å². The van der Waals surface area contributed by atoms with Gasteiger partial charge in [-0.2, -0.15) is 10.2 Å². The Hall–Kier alpha value is -2.64. The Labute approximate surface area is 126 Å². The van der Waals surface area contributed by atoms with Crippen LogP contribution in [0.3, 0.4) is 0 Å². The Morgan fingerprint density at radius 1 is 1.32 bits per heavy atom. The second-order valence-corrected chi connectivity index (χ2v) is 5.35. The minimum atomic E-state index is -0.986. The van der Waals surface area contributed by atoms with Crippen molar-refractivity contribution in [2.45, 2.75) is 38.3 Å². The van der Waals surface area contributed by atoms with Gasteiger partial charge in [0, 0.05) is 18.5 Å². The molecular formula is C14H17N5O3. The Bertz CT molecular complexity index is 684. The molecule has 2 heterocycles. The maximum atomic E-state index is 12.3. The van der Waals surface area contributed by atoms with Crippen molar-refractivity contribution in [2.24, 2.45) is 0 Å². The number of hydrogen-bond acceptors (Lipinski definition) is 4. The molecule has 0 aromatic carbocycles. The summed E-state index contributed by atoms with van der Waals surface area (Å²) in [6.45, 7) is -0.240. The molecule has 2 aromatic rings. The smallest absolute Gasteiger partial charge is 0.325 e. The van der Waals surface area contributed by atoms with E-state index < -0.39 is 5.97 Å². The fraction of sp³-hybridized carbons (Fsp3) is 0.429. The monoisotopic (exact) mass is 303 g/mol. The van der Waals surface area contributed by atoms with Gasteiger partial charge < -0.3 is 10.4 Å². The van der Waals surface area contributed by atoms with Crippen LogP contribution in [0.5, 0.6) is 0 Å². The quantitative estimate of drug-likeness (QED) is 0.872. The number of carboxylic acid groups (broad SMARTS) is 1. The zero-order valence-electron chi connectivity index (χ0n) is 12.0. The first kappa shape index (κ1) is 14.3. The van der Waals surface area contributed by atoms with Gasteiger partial charge in [0.25, 0.3) is 5.91 Å². The third-order valence-corrected chi connectivity index (χ3v) is 3.75. The minimum Gasteiger partial charge on any atom is -0.480 e. The average Bonchev–Trinajstić information content (AvgIpc) is 3.18. The summed E-state index contributed by atoms with van der Waals surface area (Å²) in [5.74, 6) is -0.948. The van der Waals surface area contributed by atoms with Crippen LogP contribution in [0.4, 0.5) is 5.82 Å². The molecule has 3 rings (SSSR count). The maximum absolute atomic E-state index is 12.3. The van der Waals surface area contributed by atoms with Crippen molar-refractivity contribution < 1.29 is 14.7 Å². The summed E-state index contributed by atoms with van der Waals surface area (Å²) in [4.78, 5) is 23.0. The van der Waals surface area contributed by atoms with E-state index in [1.165, 1.54) is 10.9 Å². The molecule has 8 heteroatoms. The molecule has 8 nitrogen and oxygen atoms in total. The van der Waals surface area contributed by atoms with Crippen LogP contribution < -0.4 is 5.32 Å². The molecule has 1 saturated carbocycles. The number of nitrogens with zero attached hydrogens (tertiary/aromatic N) is 4. The summed E-state index contributed by atoms with van der Waals surface area (Å²) < 4.78 is 3.03. The van der Waals surface area contributed by atoms with Crippen molar-refractivity contribution in [2.75, 3.05) is 5.32 Å². The summed E-state index contributed by atoms with van der Waals surface area (Å²) in [5, 5.41) is 19.6. The van der Waals surface area contributed by atoms with E-state index in [0.29, 0.717) is 11.5 Å². The zero-order valence-corrected chi connectivity index (χ0v) is 12.0. The van der Waals surface area contributed by atoms with Crippen LogP contribution in [0, 0.1) is 0 Å². The molecule has 0 spiro atoms. The van der Waals surface area contributed by atoms with Crippen LogP contribution in [0.2, 0.25) is 0 Å². The number of anilines is 1. The van der Waals surface area contributed by atoms with Gasteiger partial charge in [-0.1, -0.05) is 12.8 Å². The number of carbonyl (C=O) groups excluding carboxylic acids is 1. The Balaban J connectivity index is 1.71. The van der Waals surface area contributed by atoms with Gasteiger partial charge >= 0.3 is 5.97 Å². The standard InChI is InChI=1S/C14H17N5O3/c20-13(21)9-18-8-6-12(17-18)16-14(22)11-5-7-15-19(11)10-3-1-2-4-10/h5-8,10H,1-4,9H2,(H,20,21)(H,16,17,22). The first-order valence-electron chi connectivity index (χ1n) is 7.23. The van der Waals surface area contributed by atoms with Gasteiger partial charge in [-0.05, 0) is 18.9 Å². The minimum absolute atomic E-state index is 0.240.